The standard InChI is InChI=1S/C14H28N2/c1-3-11-16(14-8-9-14)12(2)5-4-10-15-13-6-7-13/h12-15H,3-11H2,1-2H3. The summed E-state index contributed by atoms with van der Waals surface area (Å²) in [5, 5.41) is 3.61. The second kappa shape index (κ2) is 6.02. The number of hydrogen-bond acceptors (Lipinski definition) is 2. The molecule has 2 nitrogen and oxygen atoms in total. The average molecular weight is 224 g/mol. The van der Waals surface area contributed by atoms with Crippen LogP contribution in [0.3, 0.4) is 0 Å². The molecule has 16 heavy (non-hydrogen) atoms. The van der Waals surface area contributed by atoms with Crippen LogP contribution in [0.2, 0.25) is 0 Å². The lowest BCUT2D eigenvalue weighted by atomic mass is 10.1. The fourth-order valence-corrected chi connectivity index (χ4v) is 2.58. The van der Waals surface area contributed by atoms with Gasteiger partial charge in [0.2, 0.25) is 0 Å². The summed E-state index contributed by atoms with van der Waals surface area (Å²) in [7, 11) is 0. The van der Waals surface area contributed by atoms with Gasteiger partial charge in [-0.25, -0.2) is 0 Å². The summed E-state index contributed by atoms with van der Waals surface area (Å²) >= 11 is 0. The SMILES string of the molecule is CCCN(C(C)CCCNC1CC1)C1CC1. The largest absolute Gasteiger partial charge is 0.314 e. The Labute approximate surface area is 101 Å². The molecule has 0 bridgehead atoms. The van der Waals surface area contributed by atoms with E-state index < -0.39 is 0 Å². The molecule has 94 valence electrons. The molecule has 0 amide bonds. The van der Waals surface area contributed by atoms with Crippen molar-refractivity contribution in [2.45, 2.75) is 76.9 Å². The first-order valence-corrected chi connectivity index (χ1v) is 7.30. The van der Waals surface area contributed by atoms with Gasteiger partial charge in [0.05, 0.1) is 0 Å². The van der Waals surface area contributed by atoms with Gasteiger partial charge in [-0.15, -0.1) is 0 Å². The van der Waals surface area contributed by atoms with Crippen LogP contribution in [0.4, 0.5) is 0 Å². The summed E-state index contributed by atoms with van der Waals surface area (Å²) in [6.45, 7) is 7.27. The van der Waals surface area contributed by atoms with Gasteiger partial charge in [0.1, 0.15) is 0 Å². The quantitative estimate of drug-likeness (QED) is 0.606. The summed E-state index contributed by atoms with van der Waals surface area (Å²) in [5.74, 6) is 0. The van der Waals surface area contributed by atoms with E-state index in [1.807, 2.05) is 0 Å². The van der Waals surface area contributed by atoms with Crippen LogP contribution in [0.5, 0.6) is 0 Å². The van der Waals surface area contributed by atoms with Crippen LogP contribution in [0, 0.1) is 0 Å². The smallest absolute Gasteiger partial charge is 0.00992 e. The lowest BCUT2D eigenvalue weighted by Crippen LogP contribution is -2.36. The van der Waals surface area contributed by atoms with Gasteiger partial charge in [0.15, 0.2) is 0 Å². The Bertz CT molecular complexity index is 197. The van der Waals surface area contributed by atoms with E-state index in [4.69, 9.17) is 0 Å². The van der Waals surface area contributed by atoms with Gasteiger partial charge in [-0.05, 0) is 65.0 Å². The molecule has 2 aliphatic carbocycles. The number of rotatable bonds is 9. The Morgan fingerprint density at radius 3 is 2.56 bits per heavy atom. The van der Waals surface area contributed by atoms with E-state index in [1.165, 1.54) is 58.0 Å². The molecule has 0 saturated heterocycles. The van der Waals surface area contributed by atoms with Gasteiger partial charge in [-0.3, -0.25) is 4.90 Å². The van der Waals surface area contributed by atoms with Gasteiger partial charge >= 0.3 is 0 Å². The van der Waals surface area contributed by atoms with Crippen LogP contribution in [0.25, 0.3) is 0 Å². The van der Waals surface area contributed by atoms with Crippen molar-refractivity contribution in [1.29, 1.82) is 0 Å². The molecule has 0 aromatic carbocycles. The topological polar surface area (TPSA) is 15.3 Å². The van der Waals surface area contributed by atoms with E-state index >= 15 is 0 Å². The Balaban J connectivity index is 1.57. The van der Waals surface area contributed by atoms with Crippen molar-refractivity contribution in [3.05, 3.63) is 0 Å². The van der Waals surface area contributed by atoms with E-state index in [-0.39, 0.29) is 0 Å². The third-order valence-electron chi connectivity index (χ3n) is 3.87. The summed E-state index contributed by atoms with van der Waals surface area (Å²) in [4.78, 5) is 2.75. The second-order valence-corrected chi connectivity index (χ2v) is 5.69. The van der Waals surface area contributed by atoms with Crippen molar-refractivity contribution < 1.29 is 0 Å². The highest BCUT2D eigenvalue weighted by atomic mass is 15.2. The summed E-state index contributed by atoms with van der Waals surface area (Å²) in [6, 6.07) is 2.62. The van der Waals surface area contributed by atoms with Crippen molar-refractivity contribution in [2.24, 2.45) is 0 Å². The first-order chi connectivity index (χ1) is 7.81. The number of hydrogen-bond donors (Lipinski definition) is 1. The van der Waals surface area contributed by atoms with Crippen molar-refractivity contribution in [2.75, 3.05) is 13.1 Å². The molecule has 1 N–H and O–H groups in total. The second-order valence-electron chi connectivity index (χ2n) is 5.69. The maximum atomic E-state index is 3.61. The van der Waals surface area contributed by atoms with Crippen LogP contribution in [-0.4, -0.2) is 36.1 Å². The molecule has 0 radical (unpaired) electrons. The highest BCUT2D eigenvalue weighted by molar-refractivity contribution is 4.87. The Hall–Kier alpha value is -0.0800. The molecule has 0 spiro atoms. The molecule has 1 atom stereocenters. The van der Waals surface area contributed by atoms with Crippen molar-refractivity contribution in [3.63, 3.8) is 0 Å². The highest BCUT2D eigenvalue weighted by Gasteiger charge is 2.31. The van der Waals surface area contributed by atoms with Gasteiger partial charge in [-0.1, -0.05) is 6.92 Å². The lowest BCUT2D eigenvalue weighted by molar-refractivity contribution is 0.187. The maximum absolute atomic E-state index is 3.61. The van der Waals surface area contributed by atoms with E-state index in [0.29, 0.717) is 0 Å². The van der Waals surface area contributed by atoms with Gasteiger partial charge in [-0.2, -0.15) is 0 Å². The van der Waals surface area contributed by atoms with Gasteiger partial charge < -0.3 is 5.32 Å². The molecule has 2 fully saturated rings. The zero-order valence-electron chi connectivity index (χ0n) is 11.0. The Morgan fingerprint density at radius 2 is 2.00 bits per heavy atom. The minimum absolute atomic E-state index is 0.799. The minimum Gasteiger partial charge on any atom is -0.314 e. The lowest BCUT2D eigenvalue weighted by Gasteiger charge is -2.28. The summed E-state index contributed by atoms with van der Waals surface area (Å²) in [6.07, 6.45) is 9.76. The normalized spacial score (nSPS) is 22.7. The van der Waals surface area contributed by atoms with Crippen molar-refractivity contribution >= 4 is 0 Å². The molecular formula is C14H28N2. The molecule has 2 heteroatoms. The molecular weight excluding hydrogens is 196 g/mol. The predicted molar refractivity (Wildman–Crippen MR) is 69.7 cm³/mol. The molecule has 1 unspecified atom stereocenters. The number of nitrogens with zero attached hydrogens (tertiary/aromatic N) is 1. The molecule has 2 aliphatic rings. The molecule has 2 saturated carbocycles. The van der Waals surface area contributed by atoms with Crippen LogP contribution >= 0.6 is 0 Å². The van der Waals surface area contributed by atoms with E-state index in [9.17, 15) is 0 Å². The minimum atomic E-state index is 0.799. The first kappa shape index (κ1) is 12.4. The average Bonchev–Trinajstić information content (AvgIpc) is 3.14. The van der Waals surface area contributed by atoms with Crippen LogP contribution in [-0.2, 0) is 0 Å². The summed E-state index contributed by atoms with van der Waals surface area (Å²) < 4.78 is 0. The molecule has 0 aromatic heterocycles. The zero-order valence-corrected chi connectivity index (χ0v) is 11.0. The number of nitrogens with one attached hydrogen (secondary N) is 1. The third kappa shape index (κ3) is 4.06. The Kier molecular flexibility index (Phi) is 4.66. The van der Waals surface area contributed by atoms with E-state index in [0.717, 1.165) is 18.1 Å². The van der Waals surface area contributed by atoms with Gasteiger partial charge in [0.25, 0.3) is 0 Å². The van der Waals surface area contributed by atoms with Crippen LogP contribution in [0.15, 0.2) is 0 Å². The zero-order chi connectivity index (χ0) is 11.4. The maximum Gasteiger partial charge on any atom is 0.00992 e. The monoisotopic (exact) mass is 224 g/mol. The van der Waals surface area contributed by atoms with E-state index in [1.54, 1.807) is 0 Å². The summed E-state index contributed by atoms with van der Waals surface area (Å²) in [5.41, 5.74) is 0. The third-order valence-corrected chi connectivity index (χ3v) is 3.87. The van der Waals surface area contributed by atoms with E-state index in [2.05, 4.69) is 24.1 Å². The highest BCUT2D eigenvalue weighted by Crippen LogP contribution is 2.29. The van der Waals surface area contributed by atoms with Crippen LogP contribution in [0.1, 0.15) is 58.8 Å². The van der Waals surface area contributed by atoms with Gasteiger partial charge in [0, 0.05) is 18.1 Å². The molecule has 0 aliphatic heterocycles. The fourth-order valence-electron chi connectivity index (χ4n) is 2.58. The molecule has 0 heterocycles. The predicted octanol–water partition coefficient (Wildman–Crippen LogP) is 2.78. The molecule has 2 rings (SSSR count). The fraction of sp³-hybridized carbons (Fsp3) is 1.00. The first-order valence-electron chi connectivity index (χ1n) is 7.30. The van der Waals surface area contributed by atoms with Crippen molar-refractivity contribution in [1.82, 2.24) is 10.2 Å². The van der Waals surface area contributed by atoms with Crippen LogP contribution < -0.4 is 5.32 Å². The molecule has 0 aromatic rings. The Morgan fingerprint density at radius 1 is 1.25 bits per heavy atom. The van der Waals surface area contributed by atoms with Crippen molar-refractivity contribution in [3.8, 4) is 0 Å².